The number of carbonyl (C=O) groups excluding carboxylic acids is 1. The third-order valence-corrected chi connectivity index (χ3v) is 3.47. The number of amides is 1. The van der Waals surface area contributed by atoms with Gasteiger partial charge < -0.3 is 4.90 Å². The normalized spacial score (nSPS) is 11.5. The molecule has 19 heavy (non-hydrogen) atoms. The maximum absolute atomic E-state index is 12.8. The second-order valence-corrected chi connectivity index (χ2v) is 4.81. The van der Waals surface area contributed by atoms with Gasteiger partial charge in [-0.3, -0.25) is 4.79 Å². The summed E-state index contributed by atoms with van der Waals surface area (Å²) in [5.41, 5.74) is -0.697. The fraction of sp³-hybridized carbons (Fsp3) is 0.462. The van der Waals surface area contributed by atoms with E-state index in [4.69, 9.17) is 0 Å². The Morgan fingerprint density at radius 1 is 1.21 bits per heavy atom. The lowest BCUT2D eigenvalue weighted by Gasteiger charge is -2.19. The average molecular weight is 291 g/mol. The predicted octanol–water partition coefficient (Wildman–Crippen LogP) is 3.91. The Balaban J connectivity index is 3.24. The SMILES string of the molecule is CCN(CC)C(=O)c1cc(SC)cc(C(F)(F)F)c1. The number of halogens is 3. The topological polar surface area (TPSA) is 20.3 Å². The van der Waals surface area contributed by atoms with Crippen LogP contribution in [0.25, 0.3) is 0 Å². The van der Waals surface area contributed by atoms with Gasteiger partial charge in [-0.1, -0.05) is 0 Å². The van der Waals surface area contributed by atoms with E-state index in [0.717, 1.165) is 12.1 Å². The molecule has 0 aromatic heterocycles. The zero-order chi connectivity index (χ0) is 14.6. The van der Waals surface area contributed by atoms with Crippen molar-refractivity contribution in [2.24, 2.45) is 0 Å². The van der Waals surface area contributed by atoms with Gasteiger partial charge in [-0.25, -0.2) is 0 Å². The van der Waals surface area contributed by atoms with E-state index in [9.17, 15) is 18.0 Å². The minimum Gasteiger partial charge on any atom is -0.339 e. The zero-order valence-corrected chi connectivity index (χ0v) is 11.9. The van der Waals surface area contributed by atoms with Gasteiger partial charge >= 0.3 is 6.18 Å². The van der Waals surface area contributed by atoms with E-state index in [2.05, 4.69) is 0 Å². The first-order chi connectivity index (χ1) is 8.83. The minimum atomic E-state index is -4.44. The molecule has 0 heterocycles. The van der Waals surface area contributed by atoms with Crippen molar-refractivity contribution in [2.45, 2.75) is 24.9 Å². The molecule has 0 N–H and O–H groups in total. The minimum absolute atomic E-state index is 0.0860. The molecule has 2 nitrogen and oxygen atoms in total. The summed E-state index contributed by atoms with van der Waals surface area (Å²) in [4.78, 5) is 14.0. The molecule has 0 saturated heterocycles. The molecule has 0 fully saturated rings. The van der Waals surface area contributed by atoms with Crippen molar-refractivity contribution < 1.29 is 18.0 Å². The quantitative estimate of drug-likeness (QED) is 0.784. The van der Waals surface area contributed by atoms with Crippen LogP contribution in [0.4, 0.5) is 13.2 Å². The first kappa shape index (κ1) is 15.9. The molecule has 6 heteroatoms. The van der Waals surface area contributed by atoms with Gasteiger partial charge in [0.05, 0.1) is 5.56 Å². The molecule has 0 unspecified atom stereocenters. The van der Waals surface area contributed by atoms with Gasteiger partial charge in [-0.2, -0.15) is 13.2 Å². The van der Waals surface area contributed by atoms with Crippen LogP contribution >= 0.6 is 11.8 Å². The van der Waals surface area contributed by atoms with E-state index in [-0.39, 0.29) is 11.5 Å². The van der Waals surface area contributed by atoms with Crippen LogP contribution in [-0.2, 0) is 6.18 Å². The van der Waals surface area contributed by atoms with Gasteiger partial charge in [0, 0.05) is 23.5 Å². The fourth-order valence-corrected chi connectivity index (χ4v) is 2.19. The number of hydrogen-bond donors (Lipinski definition) is 0. The van der Waals surface area contributed by atoms with E-state index in [0.29, 0.717) is 18.0 Å². The summed E-state index contributed by atoms with van der Waals surface area (Å²) in [6.45, 7) is 4.54. The Morgan fingerprint density at radius 2 is 1.79 bits per heavy atom. The van der Waals surface area contributed by atoms with Crippen LogP contribution in [0.1, 0.15) is 29.8 Å². The lowest BCUT2D eigenvalue weighted by atomic mass is 10.1. The van der Waals surface area contributed by atoms with Crippen molar-refractivity contribution in [3.63, 3.8) is 0 Å². The summed E-state index contributed by atoms with van der Waals surface area (Å²) in [6.07, 6.45) is -2.76. The Hall–Kier alpha value is -1.17. The third-order valence-electron chi connectivity index (χ3n) is 2.77. The molecule has 106 valence electrons. The lowest BCUT2D eigenvalue weighted by Crippen LogP contribution is -2.30. The van der Waals surface area contributed by atoms with Crippen LogP contribution in [0.5, 0.6) is 0 Å². The summed E-state index contributed by atoms with van der Waals surface area (Å²) in [7, 11) is 0. The first-order valence-electron chi connectivity index (χ1n) is 5.89. The van der Waals surface area contributed by atoms with Crippen LogP contribution in [0, 0.1) is 0 Å². The largest absolute Gasteiger partial charge is 0.416 e. The number of thioether (sulfide) groups is 1. The molecular formula is C13H16F3NOS. The van der Waals surface area contributed by atoms with Gasteiger partial charge in [-0.05, 0) is 38.3 Å². The van der Waals surface area contributed by atoms with Gasteiger partial charge in [0.25, 0.3) is 5.91 Å². The van der Waals surface area contributed by atoms with Crippen LogP contribution in [0.2, 0.25) is 0 Å². The predicted molar refractivity (Wildman–Crippen MR) is 70.5 cm³/mol. The molecule has 1 amide bonds. The van der Waals surface area contributed by atoms with Crippen molar-refractivity contribution >= 4 is 17.7 Å². The van der Waals surface area contributed by atoms with Crippen molar-refractivity contribution in [1.82, 2.24) is 4.90 Å². The summed E-state index contributed by atoms with van der Waals surface area (Å²) >= 11 is 1.19. The highest BCUT2D eigenvalue weighted by atomic mass is 32.2. The first-order valence-corrected chi connectivity index (χ1v) is 7.11. The molecule has 0 atom stereocenters. The van der Waals surface area contributed by atoms with E-state index in [1.165, 1.54) is 22.7 Å². The van der Waals surface area contributed by atoms with E-state index < -0.39 is 11.7 Å². The fourth-order valence-electron chi connectivity index (χ4n) is 1.70. The van der Waals surface area contributed by atoms with Crippen molar-refractivity contribution in [2.75, 3.05) is 19.3 Å². The Morgan fingerprint density at radius 3 is 2.21 bits per heavy atom. The Bertz CT molecular complexity index is 456. The van der Waals surface area contributed by atoms with E-state index in [1.54, 1.807) is 20.1 Å². The van der Waals surface area contributed by atoms with Crippen molar-refractivity contribution in [1.29, 1.82) is 0 Å². The molecule has 0 radical (unpaired) electrons. The van der Waals surface area contributed by atoms with E-state index in [1.807, 2.05) is 0 Å². The number of alkyl halides is 3. The standard InChI is InChI=1S/C13H16F3NOS/c1-4-17(5-2)12(18)9-6-10(13(14,15)16)8-11(7-9)19-3/h6-8H,4-5H2,1-3H3. The maximum Gasteiger partial charge on any atom is 0.416 e. The lowest BCUT2D eigenvalue weighted by molar-refractivity contribution is -0.137. The second kappa shape index (κ2) is 6.32. The van der Waals surface area contributed by atoms with Gasteiger partial charge in [-0.15, -0.1) is 11.8 Å². The zero-order valence-electron chi connectivity index (χ0n) is 11.0. The van der Waals surface area contributed by atoms with Crippen LogP contribution < -0.4 is 0 Å². The van der Waals surface area contributed by atoms with Crippen molar-refractivity contribution in [3.8, 4) is 0 Å². The van der Waals surface area contributed by atoms with E-state index >= 15 is 0 Å². The summed E-state index contributed by atoms with van der Waals surface area (Å²) in [5, 5.41) is 0. The highest BCUT2D eigenvalue weighted by Gasteiger charge is 2.32. The van der Waals surface area contributed by atoms with Gasteiger partial charge in [0.15, 0.2) is 0 Å². The molecule has 0 spiro atoms. The van der Waals surface area contributed by atoms with Crippen LogP contribution in [0.3, 0.4) is 0 Å². The summed E-state index contributed by atoms with van der Waals surface area (Å²) in [5.74, 6) is -0.369. The molecule has 0 aliphatic carbocycles. The smallest absolute Gasteiger partial charge is 0.339 e. The highest BCUT2D eigenvalue weighted by molar-refractivity contribution is 7.98. The Kier molecular flexibility index (Phi) is 5.29. The van der Waals surface area contributed by atoms with Crippen LogP contribution in [0.15, 0.2) is 23.1 Å². The summed E-state index contributed by atoms with van der Waals surface area (Å²) < 4.78 is 38.3. The van der Waals surface area contributed by atoms with Gasteiger partial charge in [0.2, 0.25) is 0 Å². The molecule has 0 bridgehead atoms. The number of carbonyl (C=O) groups is 1. The maximum atomic E-state index is 12.8. The number of nitrogens with zero attached hydrogens (tertiary/aromatic N) is 1. The number of benzene rings is 1. The third kappa shape index (κ3) is 3.89. The highest BCUT2D eigenvalue weighted by Crippen LogP contribution is 2.33. The van der Waals surface area contributed by atoms with Gasteiger partial charge in [0.1, 0.15) is 0 Å². The molecule has 0 aliphatic heterocycles. The van der Waals surface area contributed by atoms with Crippen molar-refractivity contribution in [3.05, 3.63) is 29.3 Å². The molecular weight excluding hydrogens is 275 g/mol. The number of hydrogen-bond acceptors (Lipinski definition) is 2. The number of rotatable bonds is 4. The summed E-state index contributed by atoms with van der Waals surface area (Å²) in [6, 6.07) is 3.48. The molecule has 0 saturated carbocycles. The average Bonchev–Trinajstić information content (AvgIpc) is 2.38. The molecule has 1 aromatic rings. The monoisotopic (exact) mass is 291 g/mol. The Labute approximate surface area is 115 Å². The second-order valence-electron chi connectivity index (χ2n) is 3.93. The van der Waals surface area contributed by atoms with Crippen LogP contribution in [-0.4, -0.2) is 30.2 Å². The molecule has 0 aliphatic rings. The molecule has 1 aromatic carbocycles. The molecule has 1 rings (SSSR count).